The van der Waals surface area contributed by atoms with Crippen LogP contribution in [0.1, 0.15) is 82.9 Å². The van der Waals surface area contributed by atoms with Crippen LogP contribution in [0.25, 0.3) is 0 Å². The maximum absolute atomic E-state index is 12.5. The van der Waals surface area contributed by atoms with Crippen molar-refractivity contribution in [2.75, 3.05) is 18.2 Å². The number of unbranched alkanes of at least 4 members (excludes halogenated alkanes) is 2. The van der Waals surface area contributed by atoms with E-state index in [1.807, 2.05) is 4.90 Å². The molecule has 1 heterocycles. The van der Waals surface area contributed by atoms with Gasteiger partial charge in [0.2, 0.25) is 5.91 Å². The van der Waals surface area contributed by atoms with Crippen molar-refractivity contribution in [2.24, 2.45) is 0 Å². The molecule has 1 aliphatic rings. The van der Waals surface area contributed by atoms with E-state index in [0.29, 0.717) is 17.4 Å². The highest BCUT2D eigenvalue weighted by Crippen LogP contribution is 2.45. The molecule has 1 fully saturated rings. The van der Waals surface area contributed by atoms with Crippen LogP contribution in [-0.4, -0.2) is 34.1 Å². The molecule has 1 atom stereocenters. The lowest BCUT2D eigenvalue weighted by molar-refractivity contribution is -0.128. The number of halogens is 1. The van der Waals surface area contributed by atoms with E-state index >= 15 is 0 Å². The molecule has 0 aliphatic carbocycles. The summed E-state index contributed by atoms with van der Waals surface area (Å²) in [6, 6.07) is 4.21. The molecule has 27 heavy (non-hydrogen) atoms. The van der Waals surface area contributed by atoms with Gasteiger partial charge in [0.15, 0.2) is 0 Å². The lowest BCUT2D eigenvalue weighted by atomic mass is 9.78. The number of benzene rings is 1. The molecule has 1 unspecified atom stereocenters. The smallest absolute Gasteiger partial charge is 0.233 e. The zero-order valence-electron chi connectivity index (χ0n) is 17.6. The van der Waals surface area contributed by atoms with Crippen molar-refractivity contribution in [3.05, 3.63) is 28.8 Å². The van der Waals surface area contributed by atoms with Gasteiger partial charge in [0.05, 0.1) is 5.75 Å². The summed E-state index contributed by atoms with van der Waals surface area (Å²) in [4.78, 5) is 14.5. The molecule has 1 aliphatic heterocycles. The normalized spacial score (nSPS) is 18.4. The molecule has 5 heteroatoms. The third-order valence-corrected chi connectivity index (χ3v) is 6.56. The van der Waals surface area contributed by atoms with Gasteiger partial charge >= 0.3 is 0 Å². The first kappa shape index (κ1) is 22.4. The lowest BCUT2D eigenvalue weighted by Gasteiger charge is -2.31. The van der Waals surface area contributed by atoms with Crippen LogP contribution in [0.2, 0.25) is 0 Å². The topological polar surface area (TPSA) is 40.5 Å². The average Bonchev–Trinajstić information content (AvgIpc) is 2.90. The fourth-order valence-corrected chi connectivity index (χ4v) is 4.85. The molecule has 3 nitrogen and oxygen atoms in total. The van der Waals surface area contributed by atoms with Gasteiger partial charge in [-0.2, -0.15) is 0 Å². The van der Waals surface area contributed by atoms with Crippen molar-refractivity contribution in [1.29, 1.82) is 0 Å². The molecule has 0 radical (unpaired) electrons. The van der Waals surface area contributed by atoms with Crippen molar-refractivity contribution in [3.63, 3.8) is 0 Å². The number of amides is 1. The van der Waals surface area contributed by atoms with Crippen molar-refractivity contribution in [2.45, 2.75) is 77.0 Å². The minimum Gasteiger partial charge on any atom is -0.507 e. The van der Waals surface area contributed by atoms with Gasteiger partial charge in [0, 0.05) is 12.4 Å². The Morgan fingerprint density at radius 3 is 2.11 bits per heavy atom. The number of rotatable bonds is 6. The number of phenolic OH excluding ortho intramolecular Hbond substituents is 1. The first-order valence-corrected chi connectivity index (χ1v) is 11.4. The molecule has 2 rings (SSSR count). The van der Waals surface area contributed by atoms with E-state index in [1.54, 1.807) is 11.8 Å². The first-order chi connectivity index (χ1) is 12.5. The first-order valence-electron chi connectivity index (χ1n) is 9.81. The van der Waals surface area contributed by atoms with E-state index in [2.05, 4.69) is 53.7 Å². The standard InChI is InChI=1S/C22H34ClNO2S/c1-21(2,3)16-12-15(13-17(19(16)26)22(4,5)6)20-24(18(25)14-27-20)11-9-7-8-10-23/h12-13,20,26H,7-11,14H2,1-6H3. The molecule has 0 bridgehead atoms. The summed E-state index contributed by atoms with van der Waals surface area (Å²) in [6.45, 7) is 13.5. The molecule has 1 amide bonds. The third-order valence-electron chi connectivity index (χ3n) is 5.03. The molecular weight excluding hydrogens is 378 g/mol. The number of thioether (sulfide) groups is 1. The number of carbonyl (C=O) groups is 1. The number of aromatic hydroxyl groups is 1. The van der Waals surface area contributed by atoms with Gasteiger partial charge in [0.25, 0.3) is 0 Å². The SMILES string of the molecule is CC(C)(C)c1cc(C2SCC(=O)N2CCCCCCl)cc(C(C)(C)C)c1O. The lowest BCUT2D eigenvalue weighted by Crippen LogP contribution is -2.30. The van der Waals surface area contributed by atoms with Crippen LogP contribution < -0.4 is 0 Å². The van der Waals surface area contributed by atoms with E-state index in [-0.39, 0.29) is 22.1 Å². The summed E-state index contributed by atoms with van der Waals surface area (Å²) in [5.41, 5.74) is 2.69. The Labute approximate surface area is 173 Å². The minimum absolute atomic E-state index is 0.0244. The molecular formula is C22H34ClNO2S. The molecule has 0 aromatic heterocycles. The van der Waals surface area contributed by atoms with E-state index in [1.165, 1.54) is 0 Å². The number of phenols is 1. The predicted octanol–water partition coefficient (Wildman–Crippen LogP) is 5.97. The molecule has 1 saturated heterocycles. The van der Waals surface area contributed by atoms with Gasteiger partial charge < -0.3 is 10.0 Å². The van der Waals surface area contributed by atoms with Crippen LogP contribution in [0, 0.1) is 0 Å². The van der Waals surface area contributed by atoms with Crippen molar-refractivity contribution >= 4 is 29.3 Å². The van der Waals surface area contributed by atoms with Crippen LogP contribution in [0.3, 0.4) is 0 Å². The molecule has 1 N–H and O–H groups in total. The molecule has 1 aromatic carbocycles. The molecule has 1 aromatic rings. The Hall–Kier alpha value is -0.870. The molecule has 0 saturated carbocycles. The molecule has 0 spiro atoms. The zero-order valence-corrected chi connectivity index (χ0v) is 19.1. The Morgan fingerprint density at radius 1 is 1.07 bits per heavy atom. The Kier molecular flexibility index (Phi) is 7.18. The van der Waals surface area contributed by atoms with Crippen molar-refractivity contribution in [3.8, 4) is 5.75 Å². The third kappa shape index (κ3) is 5.35. The maximum atomic E-state index is 12.5. The van der Waals surface area contributed by atoms with Gasteiger partial charge in [0.1, 0.15) is 11.1 Å². The van der Waals surface area contributed by atoms with Crippen LogP contribution >= 0.6 is 23.4 Å². The highest BCUT2D eigenvalue weighted by molar-refractivity contribution is 8.00. The number of hydrogen-bond donors (Lipinski definition) is 1. The largest absolute Gasteiger partial charge is 0.507 e. The van der Waals surface area contributed by atoms with Crippen LogP contribution in [0.4, 0.5) is 0 Å². The van der Waals surface area contributed by atoms with Gasteiger partial charge in [-0.15, -0.1) is 23.4 Å². The fraction of sp³-hybridized carbons (Fsp3) is 0.682. The van der Waals surface area contributed by atoms with Crippen LogP contribution in [0.5, 0.6) is 5.75 Å². The quantitative estimate of drug-likeness (QED) is 0.463. The zero-order chi connectivity index (χ0) is 20.4. The number of nitrogens with zero attached hydrogens (tertiary/aromatic N) is 1. The maximum Gasteiger partial charge on any atom is 0.233 e. The van der Waals surface area contributed by atoms with E-state index < -0.39 is 0 Å². The fourth-order valence-electron chi connectivity index (χ4n) is 3.47. The van der Waals surface area contributed by atoms with Crippen molar-refractivity contribution in [1.82, 2.24) is 4.90 Å². The van der Waals surface area contributed by atoms with Gasteiger partial charge in [-0.3, -0.25) is 4.79 Å². The van der Waals surface area contributed by atoms with E-state index in [0.717, 1.165) is 42.5 Å². The van der Waals surface area contributed by atoms with Gasteiger partial charge in [-0.1, -0.05) is 48.0 Å². The van der Waals surface area contributed by atoms with Gasteiger partial charge in [-0.25, -0.2) is 0 Å². The Balaban J connectivity index is 2.42. The second kappa shape index (κ2) is 8.65. The van der Waals surface area contributed by atoms with Crippen molar-refractivity contribution < 1.29 is 9.90 Å². The number of carbonyl (C=O) groups excluding carboxylic acids is 1. The highest BCUT2D eigenvalue weighted by atomic mass is 35.5. The summed E-state index contributed by atoms with van der Waals surface area (Å²) in [6.07, 6.45) is 3.01. The van der Waals surface area contributed by atoms with E-state index in [9.17, 15) is 9.90 Å². The second-order valence-electron chi connectivity index (χ2n) is 9.46. The summed E-state index contributed by atoms with van der Waals surface area (Å²) < 4.78 is 0. The number of hydrogen-bond acceptors (Lipinski definition) is 3. The van der Waals surface area contributed by atoms with Crippen LogP contribution in [-0.2, 0) is 15.6 Å². The van der Waals surface area contributed by atoms with E-state index in [4.69, 9.17) is 11.6 Å². The summed E-state index contributed by atoms with van der Waals surface area (Å²) >= 11 is 7.47. The predicted molar refractivity (Wildman–Crippen MR) is 117 cm³/mol. The minimum atomic E-state index is -0.168. The highest BCUT2D eigenvalue weighted by Gasteiger charge is 2.35. The Bertz CT molecular complexity index is 641. The monoisotopic (exact) mass is 411 g/mol. The van der Waals surface area contributed by atoms with Gasteiger partial charge in [-0.05, 0) is 52.5 Å². The molecule has 152 valence electrons. The second-order valence-corrected chi connectivity index (χ2v) is 10.9. The van der Waals surface area contributed by atoms with Crippen LogP contribution in [0.15, 0.2) is 12.1 Å². The Morgan fingerprint density at radius 2 is 1.63 bits per heavy atom. The number of alkyl halides is 1. The summed E-state index contributed by atoms with van der Waals surface area (Å²) in [5.74, 6) is 1.80. The summed E-state index contributed by atoms with van der Waals surface area (Å²) in [5, 5.41) is 11.0. The summed E-state index contributed by atoms with van der Waals surface area (Å²) in [7, 11) is 0. The average molecular weight is 412 g/mol.